The summed E-state index contributed by atoms with van der Waals surface area (Å²) in [5.41, 5.74) is 1.65. The second kappa shape index (κ2) is 10.3. The number of hydrogen-bond donors (Lipinski definition) is 2. The highest BCUT2D eigenvalue weighted by Crippen LogP contribution is 2.22. The highest BCUT2D eigenvalue weighted by atomic mass is 16.5. The van der Waals surface area contributed by atoms with E-state index in [0.29, 0.717) is 13.2 Å². The molecule has 0 aliphatic carbocycles. The van der Waals surface area contributed by atoms with Crippen LogP contribution in [0.3, 0.4) is 0 Å². The monoisotopic (exact) mass is 389 g/mol. The molecule has 2 aromatic heterocycles. The Hall–Kier alpha value is -2.36. The Bertz CT molecular complexity index is 739. The number of aryl methyl sites for hydroxylation is 1. The second-order valence-electron chi connectivity index (χ2n) is 6.96. The molecule has 28 heavy (non-hydrogen) atoms. The first-order chi connectivity index (χ1) is 13.7. The summed E-state index contributed by atoms with van der Waals surface area (Å²) < 4.78 is 12.8. The Morgan fingerprint density at radius 2 is 2.36 bits per heavy atom. The average Bonchev–Trinajstić information content (AvgIpc) is 3.15. The third-order valence-electron chi connectivity index (χ3n) is 4.79. The first-order valence-electron chi connectivity index (χ1n) is 9.50. The van der Waals surface area contributed by atoms with Crippen molar-refractivity contribution in [1.82, 2.24) is 25.3 Å². The van der Waals surface area contributed by atoms with Gasteiger partial charge in [-0.2, -0.15) is 0 Å². The number of aromatic nitrogens is 4. The van der Waals surface area contributed by atoms with E-state index in [1.807, 2.05) is 12.3 Å². The van der Waals surface area contributed by atoms with E-state index in [-0.39, 0.29) is 31.1 Å². The van der Waals surface area contributed by atoms with Gasteiger partial charge in [0.15, 0.2) is 0 Å². The van der Waals surface area contributed by atoms with Crippen LogP contribution in [-0.4, -0.2) is 63.0 Å². The van der Waals surface area contributed by atoms with Crippen molar-refractivity contribution >= 4 is 5.91 Å². The molecule has 1 fully saturated rings. The van der Waals surface area contributed by atoms with Gasteiger partial charge in [0, 0.05) is 26.0 Å². The van der Waals surface area contributed by atoms with Gasteiger partial charge in [-0.05, 0) is 30.9 Å². The Morgan fingerprint density at radius 3 is 3.11 bits per heavy atom. The number of rotatable bonds is 9. The van der Waals surface area contributed by atoms with Gasteiger partial charge in [-0.25, -0.2) is 0 Å². The Labute approximate surface area is 164 Å². The second-order valence-corrected chi connectivity index (χ2v) is 6.96. The molecular formula is C19H27N5O4. The molecule has 0 radical (unpaired) electrons. The van der Waals surface area contributed by atoms with Crippen molar-refractivity contribution in [2.24, 2.45) is 0 Å². The molecule has 3 heterocycles. The zero-order chi connectivity index (χ0) is 19.8. The number of nitrogens with zero attached hydrogens (tertiary/aromatic N) is 4. The molecule has 3 rings (SSSR count). The molecule has 1 saturated heterocycles. The lowest BCUT2D eigenvalue weighted by molar-refractivity contribution is -0.128. The van der Waals surface area contributed by atoms with Gasteiger partial charge in [0.2, 0.25) is 5.91 Å². The Kier molecular flexibility index (Phi) is 7.46. The summed E-state index contributed by atoms with van der Waals surface area (Å²) >= 11 is 0. The van der Waals surface area contributed by atoms with E-state index < -0.39 is 6.10 Å². The van der Waals surface area contributed by atoms with Crippen molar-refractivity contribution in [1.29, 1.82) is 0 Å². The van der Waals surface area contributed by atoms with Crippen LogP contribution in [-0.2, 0) is 33.8 Å². The van der Waals surface area contributed by atoms with E-state index in [9.17, 15) is 9.90 Å². The molecule has 2 N–H and O–H groups in total. The van der Waals surface area contributed by atoms with E-state index in [0.717, 1.165) is 30.5 Å². The maximum absolute atomic E-state index is 12.3. The molecule has 1 aliphatic heterocycles. The maximum Gasteiger partial charge on any atom is 0.224 e. The molecule has 2 aromatic rings. The van der Waals surface area contributed by atoms with Gasteiger partial charge < -0.3 is 19.9 Å². The van der Waals surface area contributed by atoms with Crippen LogP contribution < -0.4 is 5.32 Å². The highest BCUT2D eigenvalue weighted by molar-refractivity contribution is 5.78. The molecule has 152 valence electrons. The molecule has 0 unspecified atom stereocenters. The molecule has 0 spiro atoms. The van der Waals surface area contributed by atoms with Crippen LogP contribution in [0.1, 0.15) is 30.5 Å². The lowest BCUT2D eigenvalue weighted by atomic mass is 9.97. The number of carbonyl (C=O) groups is 1. The van der Waals surface area contributed by atoms with E-state index in [2.05, 4.69) is 20.6 Å². The predicted octanol–water partition coefficient (Wildman–Crippen LogP) is 0.477. The molecule has 1 aliphatic rings. The zero-order valence-corrected chi connectivity index (χ0v) is 16.0. The maximum atomic E-state index is 12.3. The largest absolute Gasteiger partial charge is 0.394 e. The lowest BCUT2D eigenvalue weighted by Gasteiger charge is -2.36. The standard InChI is InChI=1S/C19H27N5O4/c1-27-13-15-11-24(23-22-15)8-6-16-4-5-17(18(12-25)28-16)21-19(26)9-14-3-2-7-20-10-14/h2-3,7,10-11,16-18,25H,4-6,8-9,12-13H2,1H3,(H,21,26)/t16-,17-,18+/m1/s1. The van der Waals surface area contributed by atoms with Crippen molar-refractivity contribution < 1.29 is 19.4 Å². The van der Waals surface area contributed by atoms with Crippen LogP contribution in [0.5, 0.6) is 0 Å². The van der Waals surface area contributed by atoms with Gasteiger partial charge in [-0.1, -0.05) is 11.3 Å². The SMILES string of the molecule is COCc1cn(CC[C@H]2CC[C@@H](NC(=O)Cc3cccnc3)[C@H](CO)O2)nn1. The van der Waals surface area contributed by atoms with Crippen molar-refractivity contribution in [2.75, 3.05) is 13.7 Å². The van der Waals surface area contributed by atoms with Gasteiger partial charge in [-0.3, -0.25) is 14.5 Å². The smallest absolute Gasteiger partial charge is 0.224 e. The topological polar surface area (TPSA) is 111 Å². The molecule has 0 saturated carbocycles. The van der Waals surface area contributed by atoms with E-state index >= 15 is 0 Å². The summed E-state index contributed by atoms with van der Waals surface area (Å²) in [6, 6.07) is 3.48. The molecule has 9 nitrogen and oxygen atoms in total. The summed E-state index contributed by atoms with van der Waals surface area (Å²) in [6.45, 7) is 0.986. The number of amides is 1. The quantitative estimate of drug-likeness (QED) is 0.641. The first kappa shape index (κ1) is 20.4. The van der Waals surface area contributed by atoms with Gasteiger partial charge in [-0.15, -0.1) is 5.10 Å². The van der Waals surface area contributed by atoms with Crippen molar-refractivity contribution in [3.63, 3.8) is 0 Å². The number of pyridine rings is 1. The van der Waals surface area contributed by atoms with Gasteiger partial charge in [0.25, 0.3) is 0 Å². The summed E-state index contributed by atoms with van der Waals surface area (Å²) in [6.07, 6.45) is 7.43. The van der Waals surface area contributed by atoms with Gasteiger partial charge in [0.05, 0.1) is 38.0 Å². The minimum absolute atomic E-state index is 0.0127. The molecule has 1 amide bonds. The van der Waals surface area contributed by atoms with Crippen molar-refractivity contribution in [2.45, 2.75) is 57.1 Å². The predicted molar refractivity (Wildman–Crippen MR) is 100 cm³/mol. The van der Waals surface area contributed by atoms with E-state index in [1.165, 1.54) is 0 Å². The number of aliphatic hydroxyl groups is 1. The van der Waals surface area contributed by atoms with Crippen LogP contribution in [0, 0.1) is 0 Å². The van der Waals surface area contributed by atoms with Gasteiger partial charge in [0.1, 0.15) is 11.8 Å². The van der Waals surface area contributed by atoms with Crippen molar-refractivity contribution in [3.05, 3.63) is 42.0 Å². The minimum atomic E-state index is -0.406. The Morgan fingerprint density at radius 1 is 1.46 bits per heavy atom. The fraction of sp³-hybridized carbons (Fsp3) is 0.579. The highest BCUT2D eigenvalue weighted by Gasteiger charge is 2.31. The summed E-state index contributed by atoms with van der Waals surface area (Å²) in [4.78, 5) is 16.3. The zero-order valence-electron chi connectivity index (χ0n) is 16.0. The third-order valence-corrected chi connectivity index (χ3v) is 4.79. The van der Waals surface area contributed by atoms with E-state index in [1.54, 1.807) is 30.3 Å². The number of methoxy groups -OCH3 is 1. The lowest BCUT2D eigenvalue weighted by Crippen LogP contribution is -2.51. The minimum Gasteiger partial charge on any atom is -0.394 e. The number of hydrogen-bond acceptors (Lipinski definition) is 7. The van der Waals surface area contributed by atoms with Crippen molar-refractivity contribution in [3.8, 4) is 0 Å². The van der Waals surface area contributed by atoms with Crippen LogP contribution in [0.2, 0.25) is 0 Å². The summed E-state index contributed by atoms with van der Waals surface area (Å²) in [5, 5.41) is 20.8. The molecule has 0 aromatic carbocycles. The van der Waals surface area contributed by atoms with Crippen LogP contribution >= 0.6 is 0 Å². The van der Waals surface area contributed by atoms with E-state index in [4.69, 9.17) is 9.47 Å². The summed E-state index contributed by atoms with van der Waals surface area (Å²) in [5.74, 6) is -0.0909. The fourth-order valence-corrected chi connectivity index (χ4v) is 3.39. The Balaban J connectivity index is 1.45. The third kappa shape index (κ3) is 5.82. The molecule has 3 atom stereocenters. The molecule has 0 bridgehead atoms. The number of nitrogens with one attached hydrogen (secondary N) is 1. The number of carbonyl (C=O) groups excluding carboxylic acids is 1. The van der Waals surface area contributed by atoms with Crippen LogP contribution in [0.4, 0.5) is 0 Å². The number of aliphatic hydroxyl groups excluding tert-OH is 1. The van der Waals surface area contributed by atoms with Crippen LogP contribution in [0.25, 0.3) is 0 Å². The van der Waals surface area contributed by atoms with Crippen LogP contribution in [0.15, 0.2) is 30.7 Å². The molecule has 9 heteroatoms. The fourth-order valence-electron chi connectivity index (χ4n) is 3.39. The van der Waals surface area contributed by atoms with Gasteiger partial charge >= 0.3 is 0 Å². The first-order valence-corrected chi connectivity index (χ1v) is 9.50. The average molecular weight is 389 g/mol. The number of ether oxygens (including phenoxy) is 2. The normalized spacial score (nSPS) is 22.1. The molecular weight excluding hydrogens is 362 g/mol. The summed E-state index contributed by atoms with van der Waals surface area (Å²) in [7, 11) is 1.62.